The molecule has 0 bridgehead atoms. The monoisotopic (exact) mass is 409 g/mol. The van der Waals surface area contributed by atoms with E-state index in [1.807, 2.05) is 12.3 Å². The van der Waals surface area contributed by atoms with Gasteiger partial charge in [0.15, 0.2) is 0 Å². The fraction of sp³-hybridized carbons (Fsp3) is 0.348. The van der Waals surface area contributed by atoms with Crippen molar-refractivity contribution in [2.75, 3.05) is 5.32 Å². The van der Waals surface area contributed by atoms with E-state index in [0.717, 1.165) is 43.0 Å². The molecule has 3 aromatic rings. The zero-order chi connectivity index (χ0) is 20.0. The van der Waals surface area contributed by atoms with Crippen LogP contribution in [-0.2, 0) is 4.79 Å². The highest BCUT2D eigenvalue weighted by atomic mass is 35.5. The Morgan fingerprint density at radius 3 is 2.72 bits per heavy atom. The SMILES string of the molecule is O=C(Nc1ccc(Cl)nc1)[C@H]1C[C@]12CC[C@H](c1ccnc3ccc(F)cc31)CC2. The van der Waals surface area contributed by atoms with Gasteiger partial charge in [-0.15, -0.1) is 0 Å². The van der Waals surface area contributed by atoms with Gasteiger partial charge in [-0.05, 0) is 85.4 Å². The first-order chi connectivity index (χ1) is 14.0. The van der Waals surface area contributed by atoms with Crippen LogP contribution in [0.15, 0.2) is 48.8 Å². The summed E-state index contributed by atoms with van der Waals surface area (Å²) in [6.07, 6.45) is 8.41. The van der Waals surface area contributed by atoms with Crippen molar-refractivity contribution in [1.29, 1.82) is 0 Å². The number of amides is 1. The van der Waals surface area contributed by atoms with Gasteiger partial charge >= 0.3 is 0 Å². The summed E-state index contributed by atoms with van der Waals surface area (Å²) >= 11 is 5.80. The van der Waals surface area contributed by atoms with Gasteiger partial charge in [0, 0.05) is 17.5 Å². The average molecular weight is 410 g/mol. The number of fused-ring (bicyclic) bond motifs is 1. The standard InChI is InChI=1S/C23H21ClFN3O/c24-21-4-2-16(13-27-21)28-22(29)19-12-23(19)8-5-14(6-9-23)17-7-10-26-20-3-1-15(25)11-18(17)20/h1-4,7,10-11,13-14,19H,5-6,8-9,12H2,(H,28,29)/t14-,19-,23+/m1/s1. The molecule has 1 spiro atoms. The molecule has 0 unspecified atom stereocenters. The van der Waals surface area contributed by atoms with Gasteiger partial charge in [-0.25, -0.2) is 9.37 Å². The minimum atomic E-state index is -0.227. The van der Waals surface area contributed by atoms with Gasteiger partial charge in [-0.1, -0.05) is 11.6 Å². The highest BCUT2D eigenvalue weighted by molar-refractivity contribution is 6.29. The summed E-state index contributed by atoms with van der Waals surface area (Å²) in [6.45, 7) is 0. The highest BCUT2D eigenvalue weighted by Gasteiger charge is 2.58. The van der Waals surface area contributed by atoms with E-state index in [2.05, 4.69) is 15.3 Å². The number of pyridine rings is 2. The van der Waals surface area contributed by atoms with E-state index in [1.165, 1.54) is 11.6 Å². The van der Waals surface area contributed by atoms with Crippen molar-refractivity contribution in [2.24, 2.45) is 11.3 Å². The average Bonchev–Trinajstić information content (AvgIpc) is 3.43. The second kappa shape index (κ2) is 7.06. The molecule has 1 aromatic carbocycles. The summed E-state index contributed by atoms with van der Waals surface area (Å²) in [5.74, 6) is 0.294. The fourth-order valence-electron chi connectivity index (χ4n) is 4.95. The van der Waals surface area contributed by atoms with E-state index in [0.29, 0.717) is 16.8 Å². The van der Waals surface area contributed by atoms with Gasteiger partial charge in [0.25, 0.3) is 0 Å². The summed E-state index contributed by atoms with van der Waals surface area (Å²) in [5, 5.41) is 4.29. The van der Waals surface area contributed by atoms with Crippen LogP contribution in [0.1, 0.15) is 43.6 Å². The van der Waals surface area contributed by atoms with Gasteiger partial charge in [0.1, 0.15) is 11.0 Å². The Kier molecular flexibility index (Phi) is 4.50. The van der Waals surface area contributed by atoms with Crippen LogP contribution in [0.25, 0.3) is 10.9 Å². The number of halogens is 2. The number of nitrogens with zero attached hydrogens (tertiary/aromatic N) is 2. The first-order valence-corrected chi connectivity index (χ1v) is 10.4. The van der Waals surface area contributed by atoms with Crippen LogP contribution in [0.4, 0.5) is 10.1 Å². The lowest BCUT2D eigenvalue weighted by atomic mass is 9.75. The first kappa shape index (κ1) is 18.5. The van der Waals surface area contributed by atoms with E-state index < -0.39 is 0 Å². The number of hydrogen-bond donors (Lipinski definition) is 1. The zero-order valence-corrected chi connectivity index (χ0v) is 16.6. The van der Waals surface area contributed by atoms with Crippen molar-refractivity contribution in [1.82, 2.24) is 9.97 Å². The topological polar surface area (TPSA) is 54.9 Å². The Morgan fingerprint density at radius 1 is 1.14 bits per heavy atom. The Balaban J connectivity index is 1.26. The number of benzene rings is 1. The summed E-state index contributed by atoms with van der Waals surface area (Å²) in [7, 11) is 0. The van der Waals surface area contributed by atoms with Gasteiger partial charge in [0.2, 0.25) is 5.91 Å². The third kappa shape index (κ3) is 3.48. The highest BCUT2D eigenvalue weighted by Crippen LogP contribution is 2.63. The van der Waals surface area contributed by atoms with Gasteiger partial charge < -0.3 is 5.32 Å². The molecule has 1 N–H and O–H groups in total. The summed E-state index contributed by atoms with van der Waals surface area (Å²) in [4.78, 5) is 21.1. The van der Waals surface area contributed by atoms with Crippen molar-refractivity contribution in [2.45, 2.75) is 38.0 Å². The number of anilines is 1. The first-order valence-electron chi connectivity index (χ1n) is 10.0. The molecular formula is C23H21ClFN3O. The third-order valence-electron chi connectivity index (χ3n) is 6.66. The van der Waals surface area contributed by atoms with Crippen molar-refractivity contribution >= 4 is 34.1 Å². The zero-order valence-electron chi connectivity index (χ0n) is 15.9. The lowest BCUT2D eigenvalue weighted by Gasteiger charge is -2.30. The van der Waals surface area contributed by atoms with Crippen LogP contribution in [0.5, 0.6) is 0 Å². The van der Waals surface area contributed by atoms with Crippen LogP contribution >= 0.6 is 11.6 Å². The minimum Gasteiger partial charge on any atom is -0.324 e. The van der Waals surface area contributed by atoms with Gasteiger partial charge in [0.05, 0.1) is 17.4 Å². The van der Waals surface area contributed by atoms with Gasteiger partial charge in [-0.2, -0.15) is 0 Å². The number of carbonyl (C=O) groups excluding carboxylic acids is 1. The molecule has 2 fully saturated rings. The predicted octanol–water partition coefficient (Wildman–Crippen LogP) is 5.72. The van der Waals surface area contributed by atoms with E-state index in [9.17, 15) is 9.18 Å². The van der Waals surface area contributed by atoms with Crippen molar-refractivity contribution in [3.05, 3.63) is 65.3 Å². The molecule has 2 aliphatic carbocycles. The predicted molar refractivity (Wildman–Crippen MR) is 111 cm³/mol. The number of rotatable bonds is 3. The second-order valence-electron chi connectivity index (χ2n) is 8.31. The fourth-order valence-corrected chi connectivity index (χ4v) is 5.06. The molecule has 2 heterocycles. The summed E-state index contributed by atoms with van der Waals surface area (Å²) in [6, 6.07) is 10.3. The number of aromatic nitrogens is 2. The van der Waals surface area contributed by atoms with Crippen molar-refractivity contribution in [3.8, 4) is 0 Å². The van der Waals surface area contributed by atoms with E-state index in [4.69, 9.17) is 11.6 Å². The Labute approximate surface area is 173 Å². The van der Waals surface area contributed by atoms with Crippen LogP contribution in [0.2, 0.25) is 5.15 Å². The van der Waals surface area contributed by atoms with E-state index >= 15 is 0 Å². The lowest BCUT2D eigenvalue weighted by molar-refractivity contribution is -0.118. The molecule has 148 valence electrons. The maximum Gasteiger partial charge on any atom is 0.228 e. The summed E-state index contributed by atoms with van der Waals surface area (Å²) in [5.41, 5.74) is 2.82. The Hall–Kier alpha value is -2.53. The smallest absolute Gasteiger partial charge is 0.228 e. The Bertz CT molecular complexity index is 1080. The van der Waals surface area contributed by atoms with Crippen molar-refractivity contribution < 1.29 is 9.18 Å². The molecule has 1 atom stereocenters. The molecule has 0 saturated heterocycles. The molecule has 29 heavy (non-hydrogen) atoms. The van der Waals surface area contributed by atoms with Crippen LogP contribution in [-0.4, -0.2) is 15.9 Å². The third-order valence-corrected chi connectivity index (χ3v) is 6.88. The molecule has 6 heteroatoms. The Morgan fingerprint density at radius 2 is 1.97 bits per heavy atom. The minimum absolute atomic E-state index is 0.0609. The molecule has 2 saturated carbocycles. The molecule has 2 aliphatic rings. The molecular weight excluding hydrogens is 389 g/mol. The maximum atomic E-state index is 13.8. The molecule has 0 aliphatic heterocycles. The molecule has 4 nitrogen and oxygen atoms in total. The molecule has 5 rings (SSSR count). The molecule has 0 radical (unpaired) electrons. The number of carbonyl (C=O) groups is 1. The lowest BCUT2D eigenvalue weighted by Crippen LogP contribution is -2.22. The quantitative estimate of drug-likeness (QED) is 0.562. The van der Waals surface area contributed by atoms with Gasteiger partial charge in [-0.3, -0.25) is 9.78 Å². The molecule has 1 amide bonds. The van der Waals surface area contributed by atoms with Crippen LogP contribution in [0, 0.1) is 17.2 Å². The van der Waals surface area contributed by atoms with E-state index in [1.54, 1.807) is 30.5 Å². The largest absolute Gasteiger partial charge is 0.324 e. The second-order valence-corrected chi connectivity index (χ2v) is 8.70. The summed E-state index contributed by atoms with van der Waals surface area (Å²) < 4.78 is 13.8. The number of hydrogen-bond acceptors (Lipinski definition) is 3. The maximum absolute atomic E-state index is 13.8. The van der Waals surface area contributed by atoms with E-state index in [-0.39, 0.29) is 23.1 Å². The normalized spacial score (nSPS) is 25.9. The van der Waals surface area contributed by atoms with Crippen LogP contribution < -0.4 is 5.32 Å². The van der Waals surface area contributed by atoms with Crippen LogP contribution in [0.3, 0.4) is 0 Å². The van der Waals surface area contributed by atoms with Crippen molar-refractivity contribution in [3.63, 3.8) is 0 Å². The molecule has 2 aromatic heterocycles. The number of nitrogens with one attached hydrogen (secondary N) is 1.